The van der Waals surface area contributed by atoms with Gasteiger partial charge in [-0.1, -0.05) is 19.3 Å². The van der Waals surface area contributed by atoms with E-state index < -0.39 is 8.80 Å². The predicted octanol–water partition coefficient (Wildman–Crippen LogP) is 2.66. The van der Waals surface area contributed by atoms with Crippen LogP contribution in [0.5, 0.6) is 0 Å². The quantitative estimate of drug-likeness (QED) is 0.638. The van der Waals surface area contributed by atoms with Crippen molar-refractivity contribution in [2.45, 2.75) is 71.4 Å². The lowest BCUT2D eigenvalue weighted by Gasteiger charge is -2.28. The number of hydrogen-bond donors (Lipinski definition) is 2. The summed E-state index contributed by atoms with van der Waals surface area (Å²) in [6, 6.07) is 1.35. The minimum atomic E-state index is -2.40. The zero-order valence-corrected chi connectivity index (χ0v) is 15.2. The van der Waals surface area contributed by atoms with Crippen LogP contribution >= 0.6 is 0 Å². The number of nitrogens with two attached hydrogens (primary N) is 2. The van der Waals surface area contributed by atoms with Gasteiger partial charge in [0.05, 0.1) is 0 Å². The van der Waals surface area contributed by atoms with Crippen LogP contribution in [-0.4, -0.2) is 41.2 Å². The van der Waals surface area contributed by atoms with Crippen LogP contribution in [0.2, 0.25) is 6.04 Å². The second kappa shape index (κ2) is 13.7. The Bertz CT molecular complexity index is 210. The highest BCUT2D eigenvalue weighted by Gasteiger charge is 2.39. The summed E-state index contributed by atoms with van der Waals surface area (Å²) < 4.78 is 17.0. The molecule has 0 radical (unpaired) electrons. The topological polar surface area (TPSA) is 79.7 Å². The summed E-state index contributed by atoms with van der Waals surface area (Å²) in [7, 11) is -2.40. The smallest absolute Gasteiger partial charge is 0.374 e. The van der Waals surface area contributed by atoms with Gasteiger partial charge in [-0.2, -0.15) is 0 Å². The minimum Gasteiger partial charge on any atom is -0.374 e. The SMILES string of the molecule is CCO[Si](CCCN)(OCC)OCC.NC1CCCCC1. The Morgan fingerprint density at radius 2 is 1.38 bits per heavy atom. The van der Waals surface area contributed by atoms with Gasteiger partial charge in [0.25, 0.3) is 0 Å². The highest BCUT2D eigenvalue weighted by Crippen LogP contribution is 2.17. The van der Waals surface area contributed by atoms with Crippen molar-refractivity contribution in [2.75, 3.05) is 26.4 Å². The van der Waals surface area contributed by atoms with Gasteiger partial charge in [-0.3, -0.25) is 0 Å². The van der Waals surface area contributed by atoms with Crippen molar-refractivity contribution in [1.29, 1.82) is 0 Å². The van der Waals surface area contributed by atoms with E-state index >= 15 is 0 Å². The number of rotatable bonds is 9. The molecule has 0 aromatic carbocycles. The summed E-state index contributed by atoms with van der Waals surface area (Å²) in [6.07, 6.45) is 7.56. The average molecular weight is 321 g/mol. The monoisotopic (exact) mass is 320 g/mol. The lowest BCUT2D eigenvalue weighted by atomic mass is 9.97. The van der Waals surface area contributed by atoms with Gasteiger partial charge in [0, 0.05) is 31.9 Å². The minimum absolute atomic E-state index is 0.536. The third-order valence-electron chi connectivity index (χ3n) is 3.43. The first-order valence-corrected chi connectivity index (χ1v) is 10.4. The summed E-state index contributed by atoms with van der Waals surface area (Å²) in [4.78, 5) is 0. The molecule has 0 amide bonds. The van der Waals surface area contributed by atoms with Gasteiger partial charge in [0.2, 0.25) is 0 Å². The van der Waals surface area contributed by atoms with Crippen LogP contribution in [0, 0.1) is 0 Å². The predicted molar refractivity (Wildman–Crippen MR) is 90.2 cm³/mol. The van der Waals surface area contributed by atoms with Crippen LogP contribution in [0.1, 0.15) is 59.3 Å². The Labute approximate surface area is 132 Å². The molecule has 1 saturated carbocycles. The molecule has 0 unspecified atom stereocenters. The molecule has 0 aliphatic heterocycles. The van der Waals surface area contributed by atoms with Gasteiger partial charge in [-0.05, 0) is 46.6 Å². The summed E-state index contributed by atoms with van der Waals surface area (Å²) in [5, 5.41) is 0. The van der Waals surface area contributed by atoms with E-state index in [1.807, 2.05) is 20.8 Å². The van der Waals surface area contributed by atoms with Crippen LogP contribution in [0.4, 0.5) is 0 Å². The van der Waals surface area contributed by atoms with Crippen LogP contribution in [0.15, 0.2) is 0 Å². The second-order valence-corrected chi connectivity index (χ2v) is 8.00. The molecule has 4 N–H and O–H groups in total. The fourth-order valence-electron chi connectivity index (χ4n) is 2.45. The van der Waals surface area contributed by atoms with E-state index in [1.54, 1.807) is 0 Å². The molecule has 0 atom stereocenters. The van der Waals surface area contributed by atoms with Crippen LogP contribution in [0.3, 0.4) is 0 Å². The standard InChI is InChI=1S/C9H23NO3Si.C6H13N/c1-4-11-14(12-5-2,13-6-3)9-7-8-10;7-6-4-2-1-3-5-6/h4-10H2,1-3H3;6H,1-5,7H2. The highest BCUT2D eigenvalue weighted by atomic mass is 28.4. The van der Waals surface area contributed by atoms with Gasteiger partial charge in [0.1, 0.15) is 0 Å². The molecule has 1 fully saturated rings. The summed E-state index contributed by atoms with van der Waals surface area (Å²) in [5.41, 5.74) is 11.1. The van der Waals surface area contributed by atoms with E-state index in [0.29, 0.717) is 32.4 Å². The van der Waals surface area contributed by atoms with E-state index in [0.717, 1.165) is 12.5 Å². The molecule has 128 valence electrons. The Balaban J connectivity index is 0.000000471. The van der Waals surface area contributed by atoms with Crippen molar-refractivity contribution in [3.63, 3.8) is 0 Å². The molecule has 0 aromatic heterocycles. The molecule has 0 spiro atoms. The molecule has 0 aromatic rings. The normalized spacial score (nSPS) is 16.4. The molecule has 5 nitrogen and oxygen atoms in total. The number of hydrogen-bond acceptors (Lipinski definition) is 5. The molecule has 1 aliphatic rings. The van der Waals surface area contributed by atoms with Crippen molar-refractivity contribution in [1.82, 2.24) is 0 Å². The Morgan fingerprint density at radius 1 is 0.905 bits per heavy atom. The van der Waals surface area contributed by atoms with Gasteiger partial charge in [0.15, 0.2) is 0 Å². The molecule has 0 bridgehead atoms. The van der Waals surface area contributed by atoms with Gasteiger partial charge < -0.3 is 24.7 Å². The Hall–Kier alpha value is 0.0169. The zero-order chi connectivity index (χ0) is 16.0. The van der Waals surface area contributed by atoms with Crippen molar-refractivity contribution in [3.8, 4) is 0 Å². The maximum atomic E-state index is 5.65. The lowest BCUT2D eigenvalue weighted by molar-refractivity contribution is 0.0710. The molecular formula is C15H36N2O3Si. The van der Waals surface area contributed by atoms with Crippen LogP contribution in [-0.2, 0) is 13.3 Å². The van der Waals surface area contributed by atoms with Gasteiger partial charge in [-0.15, -0.1) is 0 Å². The van der Waals surface area contributed by atoms with E-state index in [4.69, 9.17) is 24.7 Å². The summed E-state index contributed by atoms with van der Waals surface area (Å²) in [5.74, 6) is 0. The first kappa shape index (κ1) is 21.0. The Morgan fingerprint density at radius 3 is 1.67 bits per heavy atom. The largest absolute Gasteiger partial charge is 0.500 e. The summed E-state index contributed by atoms with van der Waals surface area (Å²) in [6.45, 7) is 8.44. The molecule has 6 heteroatoms. The third-order valence-corrected chi connectivity index (χ3v) is 6.58. The maximum Gasteiger partial charge on any atom is 0.500 e. The molecule has 0 heterocycles. The molecule has 0 saturated heterocycles. The fraction of sp³-hybridized carbons (Fsp3) is 1.00. The molecule has 1 rings (SSSR count). The van der Waals surface area contributed by atoms with Crippen molar-refractivity contribution >= 4 is 8.80 Å². The maximum absolute atomic E-state index is 5.65. The van der Waals surface area contributed by atoms with E-state index in [9.17, 15) is 0 Å². The zero-order valence-electron chi connectivity index (χ0n) is 14.2. The molecule has 21 heavy (non-hydrogen) atoms. The first-order valence-electron chi connectivity index (χ1n) is 8.51. The second-order valence-electron chi connectivity index (χ2n) is 5.27. The average Bonchev–Trinajstić information content (AvgIpc) is 2.47. The van der Waals surface area contributed by atoms with Crippen molar-refractivity contribution in [2.24, 2.45) is 11.5 Å². The van der Waals surface area contributed by atoms with Crippen LogP contribution in [0.25, 0.3) is 0 Å². The fourth-order valence-corrected chi connectivity index (χ4v) is 5.09. The highest BCUT2D eigenvalue weighted by molar-refractivity contribution is 6.60. The third kappa shape index (κ3) is 10.4. The Kier molecular flexibility index (Phi) is 13.7. The van der Waals surface area contributed by atoms with E-state index in [2.05, 4.69) is 0 Å². The lowest BCUT2D eigenvalue weighted by Crippen LogP contribution is -2.46. The van der Waals surface area contributed by atoms with Gasteiger partial charge >= 0.3 is 8.80 Å². The van der Waals surface area contributed by atoms with Crippen molar-refractivity contribution in [3.05, 3.63) is 0 Å². The van der Waals surface area contributed by atoms with Crippen LogP contribution < -0.4 is 11.5 Å². The van der Waals surface area contributed by atoms with E-state index in [1.165, 1.54) is 32.1 Å². The van der Waals surface area contributed by atoms with E-state index in [-0.39, 0.29) is 0 Å². The first-order chi connectivity index (χ1) is 10.1. The van der Waals surface area contributed by atoms with Gasteiger partial charge in [-0.25, -0.2) is 0 Å². The summed E-state index contributed by atoms with van der Waals surface area (Å²) >= 11 is 0. The molecule has 1 aliphatic carbocycles. The van der Waals surface area contributed by atoms with Crippen molar-refractivity contribution < 1.29 is 13.3 Å². The molecular weight excluding hydrogens is 284 g/mol.